The summed E-state index contributed by atoms with van der Waals surface area (Å²) in [7, 11) is 1.63. The van der Waals surface area contributed by atoms with Gasteiger partial charge in [-0.3, -0.25) is 14.3 Å². The molecular formula is C16H20N4O2S. The molecule has 1 atom stereocenters. The third-order valence-electron chi connectivity index (χ3n) is 4.15. The van der Waals surface area contributed by atoms with Gasteiger partial charge in [0, 0.05) is 37.4 Å². The standard InChI is InChI=1S/C16H20N4O2S/c1-3-12(20-7-4-6-18-20)16(22)19-8-5-13-11(10-19)9-14(23-13)15(21)17-2/h4,6-7,9,12H,3,5,8,10H2,1-2H3,(H,17,21)/t12-/m1/s1. The van der Waals surface area contributed by atoms with E-state index in [1.54, 1.807) is 17.9 Å². The molecule has 23 heavy (non-hydrogen) atoms. The van der Waals surface area contributed by atoms with Gasteiger partial charge in [0.25, 0.3) is 5.91 Å². The molecule has 0 aromatic carbocycles. The minimum Gasteiger partial charge on any atom is -0.354 e. The zero-order valence-electron chi connectivity index (χ0n) is 13.3. The Morgan fingerprint density at radius 2 is 2.30 bits per heavy atom. The summed E-state index contributed by atoms with van der Waals surface area (Å²) in [6.45, 7) is 3.25. The fourth-order valence-electron chi connectivity index (χ4n) is 2.91. The molecule has 6 nitrogen and oxygen atoms in total. The topological polar surface area (TPSA) is 67.2 Å². The summed E-state index contributed by atoms with van der Waals surface area (Å²) in [5.74, 6) is 0.0276. The molecule has 3 rings (SSSR count). The third-order valence-corrected chi connectivity index (χ3v) is 5.38. The van der Waals surface area contributed by atoms with Gasteiger partial charge >= 0.3 is 0 Å². The number of thiophene rings is 1. The number of aromatic nitrogens is 2. The Labute approximate surface area is 139 Å². The fourth-order valence-corrected chi connectivity index (χ4v) is 4.02. The van der Waals surface area contributed by atoms with Crippen LogP contribution in [0.3, 0.4) is 0 Å². The zero-order chi connectivity index (χ0) is 16.4. The van der Waals surface area contributed by atoms with E-state index in [9.17, 15) is 9.59 Å². The molecule has 0 bridgehead atoms. The summed E-state index contributed by atoms with van der Waals surface area (Å²) < 4.78 is 1.72. The second-order valence-corrected chi connectivity index (χ2v) is 6.69. The maximum atomic E-state index is 12.8. The highest BCUT2D eigenvalue weighted by Crippen LogP contribution is 2.29. The minimum atomic E-state index is -0.261. The molecule has 2 aromatic rings. The number of amides is 2. The van der Waals surface area contributed by atoms with Crippen molar-refractivity contribution in [2.75, 3.05) is 13.6 Å². The predicted octanol–water partition coefficient (Wildman–Crippen LogP) is 1.84. The number of nitrogens with zero attached hydrogens (tertiary/aromatic N) is 3. The Hall–Kier alpha value is -2.15. The van der Waals surface area contributed by atoms with Gasteiger partial charge in [0.2, 0.25) is 5.91 Å². The molecule has 0 saturated carbocycles. The van der Waals surface area contributed by atoms with Crippen LogP contribution in [-0.4, -0.2) is 40.1 Å². The monoisotopic (exact) mass is 332 g/mol. The SMILES string of the molecule is CC[C@H](C(=O)N1CCc2sc(C(=O)NC)cc2C1)n1cccn1. The Bertz CT molecular complexity index is 708. The largest absolute Gasteiger partial charge is 0.354 e. The number of carbonyl (C=O) groups excluding carboxylic acids is 2. The molecule has 0 spiro atoms. The van der Waals surface area contributed by atoms with Crippen LogP contribution < -0.4 is 5.32 Å². The number of hydrogen-bond acceptors (Lipinski definition) is 4. The van der Waals surface area contributed by atoms with Crippen molar-refractivity contribution in [2.45, 2.75) is 32.4 Å². The van der Waals surface area contributed by atoms with Crippen LogP contribution in [0, 0.1) is 0 Å². The molecule has 3 heterocycles. The van der Waals surface area contributed by atoms with E-state index < -0.39 is 0 Å². The maximum absolute atomic E-state index is 12.8. The lowest BCUT2D eigenvalue weighted by Gasteiger charge is -2.30. The van der Waals surface area contributed by atoms with Gasteiger partial charge in [-0.15, -0.1) is 11.3 Å². The van der Waals surface area contributed by atoms with E-state index in [-0.39, 0.29) is 17.9 Å². The van der Waals surface area contributed by atoms with E-state index in [2.05, 4.69) is 10.4 Å². The van der Waals surface area contributed by atoms with Gasteiger partial charge in [0.1, 0.15) is 6.04 Å². The van der Waals surface area contributed by atoms with Crippen LogP contribution in [0.4, 0.5) is 0 Å². The normalized spacial score (nSPS) is 15.1. The molecular weight excluding hydrogens is 312 g/mol. The molecule has 2 aromatic heterocycles. The summed E-state index contributed by atoms with van der Waals surface area (Å²) in [5.41, 5.74) is 1.09. The number of hydrogen-bond donors (Lipinski definition) is 1. The first kappa shape index (κ1) is 15.7. The first-order chi connectivity index (χ1) is 11.1. The molecule has 0 unspecified atom stereocenters. The van der Waals surface area contributed by atoms with E-state index in [1.165, 1.54) is 16.2 Å². The maximum Gasteiger partial charge on any atom is 0.261 e. The van der Waals surface area contributed by atoms with Gasteiger partial charge in [-0.25, -0.2) is 0 Å². The highest BCUT2D eigenvalue weighted by molar-refractivity contribution is 7.14. The van der Waals surface area contributed by atoms with Gasteiger partial charge in [-0.2, -0.15) is 5.10 Å². The third kappa shape index (κ3) is 3.01. The Kier molecular flexibility index (Phi) is 4.47. The van der Waals surface area contributed by atoms with Crippen LogP contribution in [0.15, 0.2) is 24.5 Å². The summed E-state index contributed by atoms with van der Waals surface area (Å²) >= 11 is 1.53. The zero-order valence-corrected chi connectivity index (χ0v) is 14.1. The number of rotatable bonds is 4. The second-order valence-electron chi connectivity index (χ2n) is 5.56. The van der Waals surface area contributed by atoms with Crippen molar-refractivity contribution in [3.63, 3.8) is 0 Å². The van der Waals surface area contributed by atoms with Crippen LogP contribution >= 0.6 is 11.3 Å². The van der Waals surface area contributed by atoms with Crippen LogP contribution in [0.25, 0.3) is 0 Å². The Balaban J connectivity index is 1.77. The summed E-state index contributed by atoms with van der Waals surface area (Å²) in [5, 5.41) is 6.85. The lowest BCUT2D eigenvalue weighted by molar-refractivity contribution is -0.136. The molecule has 0 fully saturated rings. The average molecular weight is 332 g/mol. The summed E-state index contributed by atoms with van der Waals surface area (Å²) in [4.78, 5) is 28.4. The van der Waals surface area contributed by atoms with Gasteiger partial charge in [0.15, 0.2) is 0 Å². The predicted molar refractivity (Wildman–Crippen MR) is 88.4 cm³/mol. The second kappa shape index (κ2) is 6.54. The van der Waals surface area contributed by atoms with Gasteiger partial charge in [-0.05, 0) is 30.5 Å². The van der Waals surface area contributed by atoms with Crippen LogP contribution in [-0.2, 0) is 17.8 Å². The molecule has 1 aliphatic rings. The Morgan fingerprint density at radius 1 is 1.48 bits per heavy atom. The number of nitrogens with one attached hydrogen (secondary N) is 1. The minimum absolute atomic E-state index is 0.0646. The van der Waals surface area contributed by atoms with E-state index in [4.69, 9.17) is 0 Å². The fraction of sp³-hybridized carbons (Fsp3) is 0.438. The van der Waals surface area contributed by atoms with Crippen molar-refractivity contribution in [2.24, 2.45) is 0 Å². The molecule has 1 aliphatic heterocycles. The van der Waals surface area contributed by atoms with Crippen molar-refractivity contribution >= 4 is 23.2 Å². The average Bonchev–Trinajstić information content (AvgIpc) is 3.23. The highest BCUT2D eigenvalue weighted by atomic mass is 32.1. The highest BCUT2D eigenvalue weighted by Gasteiger charge is 2.29. The molecule has 0 radical (unpaired) electrons. The number of fused-ring (bicyclic) bond motifs is 1. The van der Waals surface area contributed by atoms with E-state index in [1.807, 2.05) is 30.2 Å². The van der Waals surface area contributed by atoms with Gasteiger partial charge in [0.05, 0.1) is 4.88 Å². The molecule has 7 heteroatoms. The van der Waals surface area contributed by atoms with E-state index in [0.717, 1.165) is 12.0 Å². The van der Waals surface area contributed by atoms with Gasteiger partial charge in [-0.1, -0.05) is 6.92 Å². The van der Waals surface area contributed by atoms with E-state index >= 15 is 0 Å². The van der Waals surface area contributed by atoms with Gasteiger partial charge < -0.3 is 10.2 Å². The molecule has 0 saturated heterocycles. The molecule has 2 amide bonds. The van der Waals surface area contributed by atoms with E-state index in [0.29, 0.717) is 24.4 Å². The lowest BCUT2D eigenvalue weighted by atomic mass is 10.1. The van der Waals surface area contributed by atoms with Crippen molar-refractivity contribution in [3.8, 4) is 0 Å². The van der Waals surface area contributed by atoms with Crippen molar-refractivity contribution < 1.29 is 9.59 Å². The first-order valence-electron chi connectivity index (χ1n) is 7.75. The first-order valence-corrected chi connectivity index (χ1v) is 8.57. The quantitative estimate of drug-likeness (QED) is 0.929. The van der Waals surface area contributed by atoms with Crippen LogP contribution in [0.5, 0.6) is 0 Å². The smallest absolute Gasteiger partial charge is 0.261 e. The molecule has 1 N–H and O–H groups in total. The van der Waals surface area contributed by atoms with Crippen LogP contribution in [0.1, 0.15) is 39.5 Å². The van der Waals surface area contributed by atoms with Crippen LogP contribution in [0.2, 0.25) is 0 Å². The lowest BCUT2D eigenvalue weighted by Crippen LogP contribution is -2.40. The molecule has 122 valence electrons. The van der Waals surface area contributed by atoms with Crippen molar-refractivity contribution in [1.29, 1.82) is 0 Å². The summed E-state index contributed by atoms with van der Waals surface area (Å²) in [6.07, 6.45) is 5.03. The summed E-state index contributed by atoms with van der Waals surface area (Å²) in [6, 6.07) is 3.48. The molecule has 0 aliphatic carbocycles. The van der Waals surface area contributed by atoms with Crippen molar-refractivity contribution in [1.82, 2.24) is 20.0 Å². The van der Waals surface area contributed by atoms with Crippen molar-refractivity contribution in [3.05, 3.63) is 39.8 Å². The Morgan fingerprint density at radius 3 is 2.96 bits per heavy atom. The number of carbonyl (C=O) groups is 2.